The maximum Gasteiger partial charge on any atom is 0.286 e. The monoisotopic (exact) mass is 447 g/mol. The molecule has 1 aromatic carbocycles. The first-order chi connectivity index (χ1) is 14.9. The summed E-state index contributed by atoms with van der Waals surface area (Å²) in [6, 6.07) is 6.46. The van der Waals surface area contributed by atoms with Gasteiger partial charge in [-0.25, -0.2) is 0 Å². The second-order valence-corrected chi connectivity index (χ2v) is 8.35. The summed E-state index contributed by atoms with van der Waals surface area (Å²) in [6.07, 6.45) is 4.26. The Morgan fingerprint density at radius 3 is 2.42 bits per heavy atom. The second-order valence-electron chi connectivity index (χ2n) is 7.41. The van der Waals surface area contributed by atoms with E-state index in [1.165, 1.54) is 25.2 Å². The van der Waals surface area contributed by atoms with Crippen LogP contribution in [0.15, 0.2) is 29.6 Å². The molecule has 2 amide bonds. The van der Waals surface area contributed by atoms with Gasteiger partial charge in [-0.1, -0.05) is 18.9 Å². The Labute approximate surface area is 183 Å². The smallest absolute Gasteiger partial charge is 0.286 e. The normalized spacial score (nSPS) is 14.6. The standard InChI is InChI=1S/C21H25N3O6S/c1-29-16-10-14(15(24(27)28)11-17(16)30-2)20(26)22-12-19(25)23-13-21(7-3-4-8-21)18-6-5-9-31-18/h5-6,9-11H,3-4,7-8,12-13H2,1-2H3,(H,22,26)(H,23,25). The van der Waals surface area contributed by atoms with Crippen molar-refractivity contribution in [3.8, 4) is 11.5 Å². The predicted octanol–water partition coefficient (Wildman–Crippen LogP) is 3.03. The molecule has 0 radical (unpaired) electrons. The molecule has 1 saturated carbocycles. The predicted molar refractivity (Wildman–Crippen MR) is 116 cm³/mol. The third-order valence-corrected chi connectivity index (χ3v) is 6.70. The minimum Gasteiger partial charge on any atom is -0.493 e. The highest BCUT2D eigenvalue weighted by atomic mass is 32.1. The summed E-state index contributed by atoms with van der Waals surface area (Å²) in [5.41, 5.74) is -0.699. The molecule has 1 aliphatic rings. The lowest BCUT2D eigenvalue weighted by Gasteiger charge is -2.28. The molecule has 0 unspecified atom stereocenters. The Balaban J connectivity index is 1.64. The summed E-state index contributed by atoms with van der Waals surface area (Å²) >= 11 is 1.69. The molecule has 0 spiro atoms. The van der Waals surface area contributed by atoms with Gasteiger partial charge in [0.15, 0.2) is 11.5 Å². The van der Waals surface area contributed by atoms with E-state index in [1.807, 2.05) is 11.4 Å². The highest BCUT2D eigenvalue weighted by Gasteiger charge is 2.36. The number of methoxy groups -OCH3 is 2. The van der Waals surface area contributed by atoms with E-state index < -0.39 is 16.5 Å². The van der Waals surface area contributed by atoms with Crippen LogP contribution < -0.4 is 20.1 Å². The number of carbonyl (C=O) groups excluding carboxylic acids is 2. The summed E-state index contributed by atoms with van der Waals surface area (Å²) in [5.74, 6) is -0.767. The third-order valence-electron chi connectivity index (χ3n) is 5.58. The Morgan fingerprint density at radius 2 is 1.84 bits per heavy atom. The SMILES string of the molecule is COc1cc(C(=O)NCC(=O)NCC2(c3cccs3)CCCC2)c([N+](=O)[O-])cc1OC. The number of nitrogens with zero attached hydrogens (tertiary/aromatic N) is 1. The first kappa shape index (κ1) is 22.5. The number of nitro groups is 1. The van der Waals surface area contributed by atoms with E-state index >= 15 is 0 Å². The summed E-state index contributed by atoms with van der Waals surface area (Å²) in [4.78, 5) is 36.9. The highest BCUT2D eigenvalue weighted by Crippen LogP contribution is 2.42. The van der Waals surface area contributed by atoms with Crippen LogP contribution in [0.1, 0.15) is 40.9 Å². The molecule has 2 aromatic rings. The molecule has 0 saturated heterocycles. The zero-order chi connectivity index (χ0) is 22.4. The van der Waals surface area contributed by atoms with Gasteiger partial charge in [-0.15, -0.1) is 11.3 Å². The number of amides is 2. The van der Waals surface area contributed by atoms with Gasteiger partial charge in [0, 0.05) is 22.9 Å². The van der Waals surface area contributed by atoms with Crippen LogP contribution >= 0.6 is 11.3 Å². The van der Waals surface area contributed by atoms with Crippen LogP contribution in [0.3, 0.4) is 0 Å². The van der Waals surface area contributed by atoms with Crippen molar-refractivity contribution in [1.82, 2.24) is 10.6 Å². The lowest BCUT2D eigenvalue weighted by atomic mass is 9.84. The van der Waals surface area contributed by atoms with Crippen molar-refractivity contribution < 1.29 is 24.0 Å². The first-order valence-electron chi connectivity index (χ1n) is 9.89. The molecular formula is C21H25N3O6S. The van der Waals surface area contributed by atoms with Crippen LogP contribution in [0, 0.1) is 10.1 Å². The molecular weight excluding hydrogens is 422 g/mol. The molecule has 1 aliphatic carbocycles. The maximum absolute atomic E-state index is 12.6. The molecule has 31 heavy (non-hydrogen) atoms. The van der Waals surface area contributed by atoms with E-state index in [1.54, 1.807) is 11.3 Å². The van der Waals surface area contributed by atoms with Crippen molar-refractivity contribution in [2.45, 2.75) is 31.1 Å². The maximum atomic E-state index is 12.6. The van der Waals surface area contributed by atoms with Gasteiger partial charge >= 0.3 is 0 Å². The van der Waals surface area contributed by atoms with Gasteiger partial charge in [-0.3, -0.25) is 19.7 Å². The number of rotatable bonds is 9. The van der Waals surface area contributed by atoms with E-state index in [0.29, 0.717) is 6.54 Å². The number of ether oxygens (including phenoxy) is 2. The molecule has 0 bridgehead atoms. The fraction of sp³-hybridized carbons (Fsp3) is 0.429. The summed E-state index contributed by atoms with van der Waals surface area (Å²) in [6.45, 7) is 0.212. The number of hydrogen-bond acceptors (Lipinski definition) is 7. The van der Waals surface area contributed by atoms with Gasteiger partial charge in [0.25, 0.3) is 11.6 Å². The summed E-state index contributed by atoms with van der Waals surface area (Å²) < 4.78 is 10.2. The number of nitrogens with one attached hydrogen (secondary N) is 2. The van der Waals surface area contributed by atoms with Crippen molar-refractivity contribution in [2.75, 3.05) is 27.3 Å². The molecule has 1 aromatic heterocycles. The minimum atomic E-state index is -0.739. The number of hydrogen-bond donors (Lipinski definition) is 2. The largest absolute Gasteiger partial charge is 0.493 e. The Hall–Kier alpha value is -3.14. The highest BCUT2D eigenvalue weighted by molar-refractivity contribution is 7.10. The van der Waals surface area contributed by atoms with Crippen LogP contribution in [-0.4, -0.2) is 44.0 Å². The minimum absolute atomic E-state index is 0.0596. The molecule has 3 rings (SSSR count). The van der Waals surface area contributed by atoms with Gasteiger partial charge in [0.2, 0.25) is 5.91 Å². The molecule has 10 heteroatoms. The third kappa shape index (κ3) is 4.96. The number of carbonyl (C=O) groups is 2. The lowest BCUT2D eigenvalue weighted by molar-refractivity contribution is -0.385. The topological polar surface area (TPSA) is 120 Å². The molecule has 0 aliphatic heterocycles. The van der Waals surface area contributed by atoms with E-state index in [4.69, 9.17) is 9.47 Å². The van der Waals surface area contributed by atoms with E-state index in [9.17, 15) is 19.7 Å². The molecule has 0 atom stereocenters. The van der Waals surface area contributed by atoms with Crippen LogP contribution in [0.2, 0.25) is 0 Å². The summed E-state index contributed by atoms with van der Waals surface area (Å²) in [5, 5.41) is 18.8. The Morgan fingerprint density at radius 1 is 1.16 bits per heavy atom. The summed E-state index contributed by atoms with van der Waals surface area (Å²) in [7, 11) is 2.71. The Kier molecular flexibility index (Phi) is 7.11. The van der Waals surface area contributed by atoms with E-state index in [0.717, 1.165) is 31.7 Å². The first-order valence-corrected chi connectivity index (χ1v) is 10.8. The van der Waals surface area contributed by atoms with Crippen molar-refractivity contribution in [3.05, 3.63) is 50.2 Å². The average molecular weight is 448 g/mol. The number of nitro benzene ring substituents is 1. The van der Waals surface area contributed by atoms with Gasteiger partial charge in [0.1, 0.15) is 5.56 Å². The molecule has 166 valence electrons. The zero-order valence-electron chi connectivity index (χ0n) is 17.4. The van der Waals surface area contributed by atoms with E-state index in [-0.39, 0.29) is 34.9 Å². The van der Waals surface area contributed by atoms with Crippen molar-refractivity contribution in [3.63, 3.8) is 0 Å². The van der Waals surface area contributed by atoms with Crippen molar-refractivity contribution in [2.24, 2.45) is 0 Å². The number of benzene rings is 1. The van der Waals surface area contributed by atoms with E-state index in [2.05, 4.69) is 16.7 Å². The quantitative estimate of drug-likeness (QED) is 0.450. The fourth-order valence-corrected chi connectivity index (χ4v) is 4.92. The van der Waals surface area contributed by atoms with Gasteiger partial charge in [0.05, 0.1) is 31.8 Å². The number of thiophene rings is 1. The molecule has 1 fully saturated rings. The van der Waals surface area contributed by atoms with Crippen LogP contribution in [-0.2, 0) is 10.2 Å². The van der Waals surface area contributed by atoms with Crippen LogP contribution in [0.5, 0.6) is 11.5 Å². The fourth-order valence-electron chi connectivity index (χ4n) is 3.93. The molecule has 9 nitrogen and oxygen atoms in total. The van der Waals surface area contributed by atoms with Crippen LogP contribution in [0.4, 0.5) is 5.69 Å². The second kappa shape index (κ2) is 9.78. The average Bonchev–Trinajstić information content (AvgIpc) is 3.47. The lowest BCUT2D eigenvalue weighted by Crippen LogP contribution is -2.43. The molecule has 2 N–H and O–H groups in total. The van der Waals surface area contributed by atoms with Gasteiger partial charge in [-0.2, -0.15) is 0 Å². The molecule has 1 heterocycles. The van der Waals surface area contributed by atoms with Gasteiger partial charge < -0.3 is 20.1 Å². The van der Waals surface area contributed by atoms with Crippen molar-refractivity contribution in [1.29, 1.82) is 0 Å². The van der Waals surface area contributed by atoms with Gasteiger partial charge in [-0.05, 0) is 24.3 Å². The zero-order valence-corrected chi connectivity index (χ0v) is 18.3. The Bertz CT molecular complexity index is 954. The van der Waals surface area contributed by atoms with Crippen LogP contribution in [0.25, 0.3) is 0 Å². The van der Waals surface area contributed by atoms with Crippen molar-refractivity contribution >= 4 is 28.8 Å².